The minimum absolute atomic E-state index is 0.0219. The molecule has 1 aliphatic rings. The normalized spacial score (nSPS) is 17.2. The number of aliphatic hydroxyl groups is 1. The number of aliphatic hydroxyl groups excluding tert-OH is 1. The summed E-state index contributed by atoms with van der Waals surface area (Å²) in [5.41, 5.74) is 6.30. The fourth-order valence-electron chi connectivity index (χ4n) is 6.19. The number of benzene rings is 2. The second-order valence-electron chi connectivity index (χ2n) is 10.8. The maximum atomic E-state index is 14.2. The SMILES string of the molecule is CCCc1c(Cc2ccc(-c3ccccc3-c3noc(=O)[nH]3)cc2)c(=O)n(C2CCC(OCCO)CC2)c2ccnn12. The summed E-state index contributed by atoms with van der Waals surface area (Å²) in [6, 6.07) is 17.9. The van der Waals surface area contributed by atoms with Gasteiger partial charge in [-0.05, 0) is 48.8 Å². The van der Waals surface area contributed by atoms with Crippen LogP contribution < -0.4 is 11.3 Å². The van der Waals surface area contributed by atoms with Crippen molar-refractivity contribution in [1.82, 2.24) is 24.3 Å². The molecule has 0 spiro atoms. The van der Waals surface area contributed by atoms with E-state index in [4.69, 9.17) is 14.4 Å². The van der Waals surface area contributed by atoms with E-state index in [2.05, 4.69) is 22.2 Å². The predicted molar refractivity (Wildman–Crippen MR) is 159 cm³/mol. The summed E-state index contributed by atoms with van der Waals surface area (Å²) in [6.45, 7) is 2.49. The fraction of sp³-hybridized carbons (Fsp3) is 0.375. The number of hydrogen-bond acceptors (Lipinski definition) is 7. The van der Waals surface area contributed by atoms with Crippen LogP contribution in [0.15, 0.2) is 74.9 Å². The van der Waals surface area contributed by atoms with Crippen LogP contribution in [0.25, 0.3) is 28.2 Å². The predicted octanol–water partition coefficient (Wildman–Crippen LogP) is 4.54. The number of nitrogens with zero attached hydrogens (tertiary/aromatic N) is 4. The molecule has 0 bridgehead atoms. The Morgan fingerprint density at radius 2 is 1.79 bits per heavy atom. The van der Waals surface area contributed by atoms with Crippen LogP contribution >= 0.6 is 0 Å². The number of ether oxygens (including phenoxy) is 1. The first kappa shape index (κ1) is 27.9. The molecule has 2 N–H and O–H groups in total. The van der Waals surface area contributed by atoms with E-state index in [9.17, 15) is 9.59 Å². The third-order valence-electron chi connectivity index (χ3n) is 8.16. The summed E-state index contributed by atoms with van der Waals surface area (Å²) in [4.78, 5) is 28.4. The van der Waals surface area contributed by atoms with Gasteiger partial charge < -0.3 is 9.84 Å². The van der Waals surface area contributed by atoms with E-state index >= 15 is 0 Å². The number of aromatic amines is 1. The summed E-state index contributed by atoms with van der Waals surface area (Å²) in [7, 11) is 0. The Morgan fingerprint density at radius 3 is 2.48 bits per heavy atom. The highest BCUT2D eigenvalue weighted by Crippen LogP contribution is 2.32. The van der Waals surface area contributed by atoms with Gasteiger partial charge in [-0.3, -0.25) is 18.9 Å². The Balaban J connectivity index is 1.33. The van der Waals surface area contributed by atoms with Crippen molar-refractivity contribution in [1.29, 1.82) is 0 Å². The van der Waals surface area contributed by atoms with E-state index in [0.717, 1.165) is 77.7 Å². The molecule has 1 fully saturated rings. The van der Waals surface area contributed by atoms with Gasteiger partial charge in [-0.1, -0.05) is 67.0 Å². The van der Waals surface area contributed by atoms with E-state index in [-0.39, 0.29) is 24.3 Å². The highest BCUT2D eigenvalue weighted by Gasteiger charge is 2.27. The molecule has 42 heavy (non-hydrogen) atoms. The van der Waals surface area contributed by atoms with Crippen LogP contribution in [0.5, 0.6) is 0 Å². The van der Waals surface area contributed by atoms with Gasteiger partial charge in [-0.2, -0.15) is 5.10 Å². The summed E-state index contributed by atoms with van der Waals surface area (Å²) < 4.78 is 14.4. The Bertz CT molecular complexity index is 1770. The lowest BCUT2D eigenvalue weighted by molar-refractivity contribution is 0.00161. The monoisotopic (exact) mass is 569 g/mol. The number of rotatable bonds is 10. The van der Waals surface area contributed by atoms with Crippen molar-refractivity contribution in [3.05, 3.63) is 98.5 Å². The van der Waals surface area contributed by atoms with Crippen molar-refractivity contribution < 1.29 is 14.4 Å². The summed E-state index contributed by atoms with van der Waals surface area (Å²) in [6.07, 6.45) is 7.45. The molecule has 0 saturated heterocycles. The van der Waals surface area contributed by atoms with E-state index in [1.54, 1.807) is 6.20 Å². The highest BCUT2D eigenvalue weighted by molar-refractivity contribution is 5.80. The molecule has 10 heteroatoms. The molecule has 0 amide bonds. The van der Waals surface area contributed by atoms with Gasteiger partial charge in [0.25, 0.3) is 5.56 Å². The molecule has 1 saturated carbocycles. The van der Waals surface area contributed by atoms with Crippen LogP contribution in [0.2, 0.25) is 0 Å². The van der Waals surface area contributed by atoms with Gasteiger partial charge in [-0.25, -0.2) is 9.31 Å². The van der Waals surface area contributed by atoms with Gasteiger partial charge in [0.2, 0.25) is 0 Å². The minimum Gasteiger partial charge on any atom is -0.394 e. The van der Waals surface area contributed by atoms with E-state index in [1.807, 2.05) is 63.7 Å². The van der Waals surface area contributed by atoms with Crippen LogP contribution in [0.3, 0.4) is 0 Å². The Hall–Kier alpha value is -4.28. The Labute approximate surface area is 242 Å². The number of aromatic nitrogens is 5. The lowest BCUT2D eigenvalue weighted by Crippen LogP contribution is -2.35. The molecule has 0 atom stereocenters. The largest absolute Gasteiger partial charge is 0.439 e. The van der Waals surface area contributed by atoms with Gasteiger partial charge in [0, 0.05) is 29.7 Å². The fourth-order valence-corrected chi connectivity index (χ4v) is 6.19. The molecule has 1 aliphatic carbocycles. The maximum absolute atomic E-state index is 14.2. The molecule has 6 rings (SSSR count). The molecular formula is C32H35N5O5. The standard InChI is InChI=1S/C32H35N5O5/c1-2-5-28-27(31(39)36(29-16-17-33-37(28)29)23-12-14-24(15-13-23)41-19-18-38)20-21-8-10-22(11-9-21)25-6-3-4-7-26(25)30-34-32(40)42-35-30/h3-4,6-11,16-17,23-24,38H,2,5,12-15,18-20H2,1H3,(H,34,35,40). The Morgan fingerprint density at radius 1 is 1.02 bits per heavy atom. The number of H-pyrrole nitrogens is 1. The molecular weight excluding hydrogens is 534 g/mol. The lowest BCUT2D eigenvalue weighted by Gasteiger charge is -2.31. The van der Waals surface area contributed by atoms with Gasteiger partial charge in [-0.15, -0.1) is 0 Å². The number of fused-ring (bicyclic) bond motifs is 1. The van der Waals surface area contributed by atoms with E-state index < -0.39 is 5.76 Å². The Kier molecular flexibility index (Phi) is 8.16. The number of nitrogens with one attached hydrogen (secondary N) is 1. The maximum Gasteiger partial charge on any atom is 0.439 e. The number of aryl methyl sites for hydroxylation is 1. The summed E-state index contributed by atoms with van der Waals surface area (Å²) in [5.74, 6) is -0.216. The van der Waals surface area contributed by atoms with E-state index in [0.29, 0.717) is 18.9 Å². The first-order chi connectivity index (χ1) is 20.6. The number of hydrogen-bond donors (Lipinski definition) is 2. The third-order valence-corrected chi connectivity index (χ3v) is 8.16. The van der Waals surface area contributed by atoms with E-state index in [1.165, 1.54) is 0 Å². The van der Waals surface area contributed by atoms with Crippen molar-refractivity contribution >= 4 is 5.65 Å². The minimum atomic E-state index is -0.596. The zero-order valence-corrected chi connectivity index (χ0v) is 23.7. The van der Waals surface area contributed by atoms with Gasteiger partial charge in [0.15, 0.2) is 5.82 Å². The van der Waals surface area contributed by atoms with Gasteiger partial charge >= 0.3 is 5.76 Å². The third kappa shape index (κ3) is 5.47. The molecule has 5 aromatic rings. The molecule has 10 nitrogen and oxygen atoms in total. The smallest absolute Gasteiger partial charge is 0.394 e. The average molecular weight is 570 g/mol. The van der Waals surface area contributed by atoms with Crippen LogP contribution in [0, 0.1) is 0 Å². The molecule has 3 aromatic heterocycles. The van der Waals surface area contributed by atoms with Crippen LogP contribution in [-0.4, -0.2) is 48.7 Å². The van der Waals surface area contributed by atoms with Crippen molar-refractivity contribution in [3.8, 4) is 22.5 Å². The van der Waals surface area contributed by atoms with Crippen LogP contribution in [0.4, 0.5) is 0 Å². The van der Waals surface area contributed by atoms with Gasteiger partial charge in [0.1, 0.15) is 5.65 Å². The topological polar surface area (TPSA) is 128 Å². The summed E-state index contributed by atoms with van der Waals surface area (Å²) >= 11 is 0. The molecule has 0 radical (unpaired) electrons. The van der Waals surface area contributed by atoms with Gasteiger partial charge in [0.05, 0.1) is 31.2 Å². The average Bonchev–Trinajstić information content (AvgIpc) is 3.68. The van der Waals surface area contributed by atoms with Crippen molar-refractivity contribution in [2.75, 3.05) is 13.2 Å². The second-order valence-corrected chi connectivity index (χ2v) is 10.8. The van der Waals surface area contributed by atoms with Crippen LogP contribution in [0.1, 0.15) is 61.9 Å². The van der Waals surface area contributed by atoms with Crippen molar-refractivity contribution in [2.45, 2.75) is 64.0 Å². The van der Waals surface area contributed by atoms with Crippen LogP contribution in [-0.2, 0) is 17.6 Å². The molecule has 0 aliphatic heterocycles. The highest BCUT2D eigenvalue weighted by atomic mass is 16.5. The zero-order chi connectivity index (χ0) is 29.1. The molecule has 3 heterocycles. The molecule has 218 valence electrons. The molecule has 0 unspecified atom stereocenters. The first-order valence-electron chi connectivity index (χ1n) is 14.6. The van der Waals surface area contributed by atoms with Crippen molar-refractivity contribution in [3.63, 3.8) is 0 Å². The zero-order valence-electron chi connectivity index (χ0n) is 23.7. The summed E-state index contributed by atoms with van der Waals surface area (Å²) in [5, 5.41) is 17.6. The molecule has 2 aromatic carbocycles. The lowest BCUT2D eigenvalue weighted by atomic mass is 9.92. The quantitative estimate of drug-likeness (QED) is 0.253. The first-order valence-corrected chi connectivity index (χ1v) is 14.6. The second kappa shape index (κ2) is 12.3. The van der Waals surface area contributed by atoms with Crippen molar-refractivity contribution in [2.24, 2.45) is 0 Å².